The highest BCUT2D eigenvalue weighted by Crippen LogP contribution is 2.45. The van der Waals surface area contributed by atoms with Gasteiger partial charge in [-0.2, -0.15) is 0 Å². The number of unbranched alkanes of at least 4 members (excludes halogenated alkanes) is 17. The Morgan fingerprint density at radius 1 is 0.312 bits per heavy atom. The lowest BCUT2D eigenvalue weighted by molar-refractivity contribution is -0.161. The predicted octanol–water partition coefficient (Wildman–Crippen LogP) is 20.3. The number of hydrogen-bond donors (Lipinski definition) is 3. The van der Waals surface area contributed by atoms with Crippen LogP contribution in [0.2, 0.25) is 0 Å². The molecule has 0 bridgehead atoms. The van der Waals surface area contributed by atoms with Crippen LogP contribution in [0.25, 0.3) is 0 Å². The number of phosphoric ester groups is 2. The molecule has 5 atom stereocenters. The van der Waals surface area contributed by atoms with E-state index in [0.717, 1.165) is 167 Å². The number of aliphatic hydroxyl groups excluding tert-OH is 1. The highest BCUT2D eigenvalue weighted by atomic mass is 31.2. The largest absolute Gasteiger partial charge is 0.472 e. The summed E-state index contributed by atoms with van der Waals surface area (Å²) >= 11 is 0. The minimum absolute atomic E-state index is 0.0748. The molecule has 0 aliphatic rings. The van der Waals surface area contributed by atoms with E-state index in [4.69, 9.17) is 37.0 Å². The third-order valence-corrected chi connectivity index (χ3v) is 16.2. The van der Waals surface area contributed by atoms with Crippen LogP contribution in [0.4, 0.5) is 0 Å². The molecule has 0 aliphatic carbocycles. The summed E-state index contributed by atoms with van der Waals surface area (Å²) in [5, 5.41) is 10.6. The Morgan fingerprint density at radius 3 is 0.979 bits per heavy atom. The summed E-state index contributed by atoms with van der Waals surface area (Å²) in [4.78, 5) is 72.6. The smallest absolute Gasteiger partial charge is 0.462 e. The van der Waals surface area contributed by atoms with Crippen LogP contribution in [0.5, 0.6) is 0 Å². The van der Waals surface area contributed by atoms with E-state index in [0.29, 0.717) is 25.7 Å². The highest BCUT2D eigenvalue weighted by Gasteiger charge is 2.30. The fourth-order valence-corrected chi connectivity index (χ4v) is 10.4. The zero-order valence-electron chi connectivity index (χ0n) is 59.2. The van der Waals surface area contributed by atoms with Gasteiger partial charge in [-0.25, -0.2) is 9.13 Å². The van der Waals surface area contributed by atoms with Gasteiger partial charge in [0, 0.05) is 19.3 Å². The van der Waals surface area contributed by atoms with E-state index in [1.807, 2.05) is 12.2 Å². The number of hydrogen-bond acceptors (Lipinski definition) is 15. The van der Waals surface area contributed by atoms with Gasteiger partial charge < -0.3 is 33.8 Å². The highest BCUT2D eigenvalue weighted by molar-refractivity contribution is 7.47. The van der Waals surface area contributed by atoms with Crippen molar-refractivity contribution in [3.05, 3.63) is 146 Å². The molecule has 0 fully saturated rings. The number of esters is 4. The first-order chi connectivity index (χ1) is 46.7. The Hall–Kier alpha value is -5.06. The Bertz CT molecular complexity index is 2400. The van der Waals surface area contributed by atoms with Crippen LogP contribution < -0.4 is 0 Å². The Balaban J connectivity index is 5.45. The van der Waals surface area contributed by atoms with Gasteiger partial charge in [-0.05, 0) is 135 Å². The molecule has 5 unspecified atom stereocenters. The van der Waals surface area contributed by atoms with Crippen LogP contribution in [-0.4, -0.2) is 96.7 Å². The normalized spacial score (nSPS) is 14.9. The third-order valence-electron chi connectivity index (χ3n) is 14.3. The number of ether oxygens (including phenoxy) is 4. The Kier molecular flexibility index (Phi) is 64.9. The van der Waals surface area contributed by atoms with Crippen molar-refractivity contribution in [3.63, 3.8) is 0 Å². The summed E-state index contributed by atoms with van der Waals surface area (Å²) in [6.45, 7) is 4.33. The summed E-state index contributed by atoms with van der Waals surface area (Å²) in [6, 6.07) is 0. The molecule has 0 aromatic heterocycles. The van der Waals surface area contributed by atoms with E-state index in [2.05, 4.69) is 149 Å². The average molecular weight is 1390 g/mol. The van der Waals surface area contributed by atoms with Crippen LogP contribution in [0.3, 0.4) is 0 Å². The zero-order chi connectivity index (χ0) is 70.4. The fourth-order valence-electron chi connectivity index (χ4n) is 8.83. The minimum atomic E-state index is -5.01. The van der Waals surface area contributed by atoms with Gasteiger partial charge in [0.05, 0.1) is 32.8 Å². The monoisotopic (exact) mass is 1380 g/mol. The predicted molar refractivity (Wildman–Crippen MR) is 390 cm³/mol. The Morgan fingerprint density at radius 2 is 0.604 bits per heavy atom. The molecule has 0 aliphatic heterocycles. The lowest BCUT2D eigenvalue weighted by atomic mass is 10.1. The molecule has 0 amide bonds. The molecule has 0 aromatic rings. The Labute approximate surface area is 579 Å². The minimum Gasteiger partial charge on any atom is -0.462 e. The molecule has 0 heterocycles. The van der Waals surface area contributed by atoms with Crippen LogP contribution in [0.1, 0.15) is 259 Å². The second kappa shape index (κ2) is 68.5. The number of carbonyl (C=O) groups is 4. The van der Waals surface area contributed by atoms with E-state index >= 15 is 0 Å². The van der Waals surface area contributed by atoms with Crippen molar-refractivity contribution in [3.8, 4) is 0 Å². The standard InChI is InChI=1S/C77H126O17P2/c1-5-9-13-17-21-25-29-32-34-35-37-39-43-46-50-54-58-62-75(80)88-68-73(94-77(82)64-60-56-52-48-44-40-36-33-30-26-22-18-14-10-6-2)70-92-96(85,86)90-66-71(78)65-89-95(83,84)91-69-72(93-76(81)63-59-55-51-47-41-28-24-20-16-12-8-4)67-87-74(79)61-57-53-49-45-42-38-31-27-23-19-15-11-7-3/h9-10,13-15,19-22,24-27,31-34,36-37,39,44,48,56,60,71-73,78H,5-8,11-12,16-18,23,28-30,35,38,40-43,45-47,49-55,57-59,61-70H2,1-4H3,(H,83,84)(H,85,86)/b13-9-,14-10-,19-15-,24-20-,25-21-,26-22-,31-27-,34-32-,36-33-,39-37-,48-44-,60-56-. The average Bonchev–Trinajstić information content (AvgIpc) is 2.14. The second-order valence-corrected chi connectivity index (χ2v) is 26.3. The molecule has 546 valence electrons. The molecule has 0 spiro atoms. The maximum atomic E-state index is 13.0. The third kappa shape index (κ3) is 67.5. The number of allylic oxidation sites excluding steroid dienone is 23. The fraction of sp³-hybridized carbons (Fsp3) is 0.636. The molecule has 0 aromatic carbocycles. The topological polar surface area (TPSA) is 237 Å². The van der Waals surface area contributed by atoms with Crippen molar-refractivity contribution >= 4 is 39.5 Å². The van der Waals surface area contributed by atoms with Crippen LogP contribution in [0.15, 0.2) is 146 Å². The van der Waals surface area contributed by atoms with E-state index in [1.54, 1.807) is 12.2 Å². The summed E-state index contributed by atoms with van der Waals surface area (Å²) in [6.07, 6.45) is 76.1. The SMILES string of the molecule is CC/C=C\C/C=C\C/C=C\C/C=C\C/C=C\CC(=O)OC(COC(=O)CCCCCC/C=C\C/C=C\C/C=C\C/C=C\CC)COP(=O)(O)OCC(O)COP(=O)(O)OCC(COC(=O)CCCCCCC/C=C\C/C=C\CCC)OC(=O)CCCCCCC/C=C\CCCC. The van der Waals surface area contributed by atoms with E-state index < -0.39 is 97.5 Å². The van der Waals surface area contributed by atoms with E-state index in [1.165, 1.54) is 12.8 Å². The first kappa shape index (κ1) is 90.9. The van der Waals surface area contributed by atoms with Crippen LogP contribution >= 0.6 is 15.6 Å². The molecule has 3 N–H and O–H groups in total. The van der Waals surface area contributed by atoms with Gasteiger partial charge in [0.15, 0.2) is 12.2 Å². The second-order valence-electron chi connectivity index (χ2n) is 23.4. The number of carbonyl (C=O) groups excluding carboxylic acids is 4. The lowest BCUT2D eigenvalue weighted by Gasteiger charge is -2.21. The van der Waals surface area contributed by atoms with Gasteiger partial charge in [0.25, 0.3) is 0 Å². The molecule has 0 saturated carbocycles. The van der Waals surface area contributed by atoms with Crippen molar-refractivity contribution in [1.29, 1.82) is 0 Å². The van der Waals surface area contributed by atoms with Gasteiger partial charge in [-0.1, -0.05) is 244 Å². The van der Waals surface area contributed by atoms with Gasteiger partial charge in [-0.15, -0.1) is 0 Å². The van der Waals surface area contributed by atoms with E-state index in [-0.39, 0.29) is 25.7 Å². The summed E-state index contributed by atoms with van der Waals surface area (Å²) in [5.41, 5.74) is 0. The zero-order valence-corrected chi connectivity index (χ0v) is 61.0. The maximum absolute atomic E-state index is 13.0. The summed E-state index contributed by atoms with van der Waals surface area (Å²) in [7, 11) is -9.99. The van der Waals surface area contributed by atoms with Crippen molar-refractivity contribution in [2.24, 2.45) is 0 Å². The van der Waals surface area contributed by atoms with Gasteiger partial charge in [0.2, 0.25) is 0 Å². The summed E-state index contributed by atoms with van der Waals surface area (Å²) in [5.74, 6) is -2.39. The van der Waals surface area contributed by atoms with Gasteiger partial charge in [-0.3, -0.25) is 37.3 Å². The first-order valence-corrected chi connectivity index (χ1v) is 39.1. The molecule has 0 radical (unpaired) electrons. The first-order valence-electron chi connectivity index (χ1n) is 36.1. The number of aliphatic hydroxyl groups is 1. The molecular formula is C77H126O17P2. The molecule has 19 heteroatoms. The maximum Gasteiger partial charge on any atom is 0.472 e. The van der Waals surface area contributed by atoms with E-state index in [9.17, 15) is 43.2 Å². The summed E-state index contributed by atoms with van der Waals surface area (Å²) < 4.78 is 68.1. The molecule has 96 heavy (non-hydrogen) atoms. The van der Waals surface area contributed by atoms with Gasteiger partial charge >= 0.3 is 39.5 Å². The van der Waals surface area contributed by atoms with Crippen molar-refractivity contribution in [1.82, 2.24) is 0 Å². The molecule has 17 nitrogen and oxygen atoms in total. The van der Waals surface area contributed by atoms with Crippen molar-refractivity contribution < 1.29 is 80.2 Å². The molecule has 0 saturated heterocycles. The number of rotatable bonds is 66. The quantitative estimate of drug-likeness (QED) is 0.0169. The number of phosphoric acid groups is 2. The van der Waals surface area contributed by atoms with Gasteiger partial charge in [0.1, 0.15) is 19.3 Å². The van der Waals surface area contributed by atoms with Crippen LogP contribution in [-0.2, 0) is 65.4 Å². The lowest BCUT2D eigenvalue weighted by Crippen LogP contribution is -2.30. The van der Waals surface area contributed by atoms with Crippen LogP contribution in [0, 0.1) is 0 Å². The van der Waals surface area contributed by atoms with Crippen molar-refractivity contribution in [2.45, 2.75) is 277 Å². The molecular weight excluding hydrogens is 1260 g/mol. The molecule has 0 rings (SSSR count). The van der Waals surface area contributed by atoms with Crippen molar-refractivity contribution in [2.75, 3.05) is 39.6 Å².